The molecular weight excluding hydrogens is 294 g/mol. The Balaban J connectivity index is 1.88. The van der Waals surface area contributed by atoms with Gasteiger partial charge in [0.25, 0.3) is 15.8 Å². The number of piperidine rings is 1. The number of nitrogens with two attached hydrogens (primary N) is 1. The molecule has 0 saturated carbocycles. The fourth-order valence-corrected chi connectivity index (χ4v) is 3.50. The Hall–Kier alpha value is -1.45. The van der Waals surface area contributed by atoms with Crippen molar-refractivity contribution in [2.45, 2.75) is 26.2 Å². The average Bonchev–Trinajstić information content (AvgIpc) is 2.37. The van der Waals surface area contributed by atoms with Crippen molar-refractivity contribution in [3.8, 4) is 0 Å². The molecular formula is C12H21N5O3S. The van der Waals surface area contributed by atoms with Crippen molar-refractivity contribution in [2.75, 3.05) is 25.4 Å². The van der Waals surface area contributed by atoms with Gasteiger partial charge in [-0.25, -0.2) is 9.71 Å². The van der Waals surface area contributed by atoms with Crippen molar-refractivity contribution in [1.29, 1.82) is 0 Å². The van der Waals surface area contributed by atoms with Crippen molar-refractivity contribution < 1.29 is 8.42 Å². The molecule has 1 fully saturated rings. The number of nitrogens with zero attached hydrogens (tertiary/aromatic N) is 2. The van der Waals surface area contributed by atoms with Gasteiger partial charge in [-0.3, -0.25) is 4.79 Å². The molecule has 0 atom stereocenters. The normalized spacial score (nSPS) is 18.0. The van der Waals surface area contributed by atoms with Crippen LogP contribution in [-0.4, -0.2) is 42.3 Å². The van der Waals surface area contributed by atoms with Crippen LogP contribution in [-0.2, 0) is 16.6 Å². The largest absolute Gasteiger partial charge is 0.383 e. The van der Waals surface area contributed by atoms with Gasteiger partial charge in [0, 0.05) is 32.1 Å². The highest BCUT2D eigenvalue weighted by Gasteiger charge is 2.25. The fourth-order valence-electron chi connectivity index (χ4n) is 2.26. The van der Waals surface area contributed by atoms with Crippen LogP contribution in [0.4, 0.5) is 5.82 Å². The lowest BCUT2D eigenvalue weighted by atomic mass is 10.0. The van der Waals surface area contributed by atoms with Crippen LogP contribution in [0.15, 0.2) is 10.9 Å². The maximum atomic E-state index is 12.1. The zero-order valence-electron chi connectivity index (χ0n) is 12.0. The van der Waals surface area contributed by atoms with Gasteiger partial charge in [0.1, 0.15) is 11.6 Å². The van der Waals surface area contributed by atoms with E-state index in [1.54, 1.807) is 0 Å². The first kappa shape index (κ1) is 15.9. The van der Waals surface area contributed by atoms with E-state index in [4.69, 9.17) is 5.73 Å². The van der Waals surface area contributed by atoms with Gasteiger partial charge in [-0.05, 0) is 18.8 Å². The summed E-state index contributed by atoms with van der Waals surface area (Å²) in [4.78, 5) is 17.7. The van der Waals surface area contributed by atoms with Crippen LogP contribution < -0.4 is 16.0 Å². The summed E-state index contributed by atoms with van der Waals surface area (Å²) in [7, 11) is -3.46. The molecule has 0 amide bonds. The quantitative estimate of drug-likeness (QED) is 0.674. The van der Waals surface area contributed by atoms with E-state index in [0.29, 0.717) is 24.8 Å². The Morgan fingerprint density at radius 3 is 2.76 bits per heavy atom. The maximum Gasteiger partial charge on any atom is 0.279 e. The van der Waals surface area contributed by atoms with E-state index in [0.717, 1.165) is 12.8 Å². The number of rotatable bonds is 5. The first-order chi connectivity index (χ1) is 9.87. The smallest absolute Gasteiger partial charge is 0.279 e. The molecule has 0 aromatic carbocycles. The van der Waals surface area contributed by atoms with Crippen LogP contribution in [0, 0.1) is 5.92 Å². The predicted molar refractivity (Wildman–Crippen MR) is 79.9 cm³/mol. The molecule has 0 bridgehead atoms. The third kappa shape index (κ3) is 4.51. The Labute approximate surface area is 123 Å². The second-order valence-electron chi connectivity index (χ2n) is 5.35. The van der Waals surface area contributed by atoms with Crippen molar-refractivity contribution in [3.05, 3.63) is 22.2 Å². The Morgan fingerprint density at radius 2 is 2.14 bits per heavy atom. The Morgan fingerprint density at radius 1 is 1.48 bits per heavy atom. The summed E-state index contributed by atoms with van der Waals surface area (Å²) in [6, 6.07) is 1.18. The topological polar surface area (TPSA) is 121 Å². The summed E-state index contributed by atoms with van der Waals surface area (Å²) in [5.41, 5.74) is 5.13. The van der Waals surface area contributed by atoms with Crippen LogP contribution >= 0.6 is 0 Å². The van der Waals surface area contributed by atoms with Crippen molar-refractivity contribution >= 4 is 16.0 Å². The first-order valence-corrected chi connectivity index (χ1v) is 8.41. The zero-order chi connectivity index (χ0) is 15.5. The molecule has 21 heavy (non-hydrogen) atoms. The number of hydrogen-bond donors (Lipinski definition) is 3. The molecule has 1 aliphatic heterocycles. The van der Waals surface area contributed by atoms with Gasteiger partial charge in [-0.1, -0.05) is 6.92 Å². The second kappa shape index (κ2) is 6.54. The number of hydrogen-bond acceptors (Lipinski definition) is 5. The summed E-state index contributed by atoms with van der Waals surface area (Å²) in [6.07, 6.45) is 2.04. The van der Waals surface area contributed by atoms with E-state index in [9.17, 15) is 13.2 Å². The molecule has 0 unspecified atom stereocenters. The molecule has 0 aliphatic carbocycles. The minimum atomic E-state index is -3.46. The Bertz CT molecular complexity index is 635. The van der Waals surface area contributed by atoms with Crippen LogP contribution in [0.5, 0.6) is 0 Å². The van der Waals surface area contributed by atoms with Gasteiger partial charge in [0.05, 0.1) is 0 Å². The predicted octanol–water partition coefficient (Wildman–Crippen LogP) is -0.539. The number of nitrogen functional groups attached to an aromatic ring is 1. The van der Waals surface area contributed by atoms with Gasteiger partial charge in [0.15, 0.2) is 0 Å². The SMILES string of the molecule is CC1CCN(S(=O)(=O)NCCc2nc(N)cc(=O)[nH]2)CC1. The monoisotopic (exact) mass is 315 g/mol. The van der Waals surface area contributed by atoms with Gasteiger partial charge < -0.3 is 10.7 Å². The molecule has 1 aliphatic rings. The summed E-state index contributed by atoms with van der Waals surface area (Å²) < 4.78 is 28.2. The lowest BCUT2D eigenvalue weighted by molar-refractivity contribution is 0.285. The number of aromatic nitrogens is 2. The standard InChI is InChI=1S/C12H21N5O3S/c1-9-3-6-17(7-4-9)21(19,20)14-5-2-11-15-10(13)8-12(18)16-11/h8-9,14H,2-7H2,1H3,(H3,13,15,16,18). The third-order valence-corrected chi connectivity index (χ3v) is 5.15. The molecule has 2 heterocycles. The van der Waals surface area contributed by atoms with E-state index < -0.39 is 10.2 Å². The molecule has 4 N–H and O–H groups in total. The Kier molecular flexibility index (Phi) is 4.96. The van der Waals surface area contributed by atoms with Crippen LogP contribution in [0.3, 0.4) is 0 Å². The summed E-state index contributed by atoms with van der Waals surface area (Å²) in [5.74, 6) is 1.06. The molecule has 1 saturated heterocycles. The molecule has 8 nitrogen and oxygen atoms in total. The molecule has 9 heteroatoms. The molecule has 118 valence electrons. The zero-order valence-corrected chi connectivity index (χ0v) is 12.8. The van der Waals surface area contributed by atoms with Crippen LogP contribution in [0.25, 0.3) is 0 Å². The minimum Gasteiger partial charge on any atom is -0.383 e. The van der Waals surface area contributed by atoms with E-state index >= 15 is 0 Å². The molecule has 0 radical (unpaired) electrons. The summed E-state index contributed by atoms with van der Waals surface area (Å²) in [5, 5.41) is 0. The van der Waals surface area contributed by atoms with Crippen LogP contribution in [0.1, 0.15) is 25.6 Å². The number of nitrogens with one attached hydrogen (secondary N) is 2. The van der Waals surface area contributed by atoms with Crippen molar-refractivity contribution in [3.63, 3.8) is 0 Å². The van der Waals surface area contributed by atoms with Gasteiger partial charge in [-0.15, -0.1) is 0 Å². The second-order valence-corrected chi connectivity index (χ2v) is 7.10. The molecule has 1 aromatic heterocycles. The maximum absolute atomic E-state index is 12.1. The van der Waals surface area contributed by atoms with E-state index in [2.05, 4.69) is 21.6 Å². The van der Waals surface area contributed by atoms with E-state index in [1.165, 1.54) is 10.4 Å². The molecule has 1 aromatic rings. The lowest BCUT2D eigenvalue weighted by Gasteiger charge is -2.29. The summed E-state index contributed by atoms with van der Waals surface area (Å²) in [6.45, 7) is 3.38. The number of H-pyrrole nitrogens is 1. The molecule has 2 rings (SSSR count). The highest BCUT2D eigenvalue weighted by atomic mass is 32.2. The van der Waals surface area contributed by atoms with Gasteiger partial charge >= 0.3 is 0 Å². The highest BCUT2D eigenvalue weighted by molar-refractivity contribution is 7.87. The summed E-state index contributed by atoms with van der Waals surface area (Å²) >= 11 is 0. The van der Waals surface area contributed by atoms with Gasteiger partial charge in [-0.2, -0.15) is 12.7 Å². The fraction of sp³-hybridized carbons (Fsp3) is 0.667. The minimum absolute atomic E-state index is 0.127. The molecule has 0 spiro atoms. The van der Waals surface area contributed by atoms with E-state index in [1.807, 2.05) is 0 Å². The van der Waals surface area contributed by atoms with Crippen molar-refractivity contribution in [2.24, 2.45) is 5.92 Å². The van der Waals surface area contributed by atoms with Crippen molar-refractivity contribution in [1.82, 2.24) is 19.0 Å². The highest BCUT2D eigenvalue weighted by Crippen LogP contribution is 2.17. The van der Waals surface area contributed by atoms with Crippen LogP contribution in [0.2, 0.25) is 0 Å². The lowest BCUT2D eigenvalue weighted by Crippen LogP contribution is -2.45. The van der Waals surface area contributed by atoms with E-state index in [-0.39, 0.29) is 24.3 Å². The number of aromatic amines is 1. The first-order valence-electron chi connectivity index (χ1n) is 6.97. The number of anilines is 1. The third-order valence-electron chi connectivity index (χ3n) is 3.54. The average molecular weight is 315 g/mol. The van der Waals surface area contributed by atoms with Gasteiger partial charge in [0.2, 0.25) is 0 Å².